The van der Waals surface area contributed by atoms with Gasteiger partial charge in [-0.2, -0.15) is 0 Å². The summed E-state index contributed by atoms with van der Waals surface area (Å²) in [5.74, 6) is 0. The van der Waals surface area contributed by atoms with E-state index in [1.54, 1.807) is 0 Å². The third-order valence-corrected chi connectivity index (χ3v) is 2.22. The molecule has 1 heteroatoms. The third kappa shape index (κ3) is 1.28. The summed E-state index contributed by atoms with van der Waals surface area (Å²) in [6.45, 7) is 0.966. The Kier molecular flexibility index (Phi) is 1.96. The number of hydrogen-bond donors (Lipinski definition) is 1. The van der Waals surface area contributed by atoms with Gasteiger partial charge >= 0.3 is 0 Å². The van der Waals surface area contributed by atoms with Crippen molar-refractivity contribution in [2.75, 3.05) is 7.05 Å². The van der Waals surface area contributed by atoms with Gasteiger partial charge in [0, 0.05) is 6.54 Å². The van der Waals surface area contributed by atoms with Gasteiger partial charge in [0.05, 0.1) is 0 Å². The fourth-order valence-electron chi connectivity index (χ4n) is 1.63. The zero-order valence-corrected chi connectivity index (χ0v) is 7.30. The van der Waals surface area contributed by atoms with Gasteiger partial charge in [0.15, 0.2) is 0 Å². The summed E-state index contributed by atoms with van der Waals surface area (Å²) >= 11 is 0. The van der Waals surface area contributed by atoms with Gasteiger partial charge in [-0.25, -0.2) is 0 Å². The Labute approximate surface area is 73.1 Å². The smallest absolute Gasteiger partial charge is 0.0202 e. The summed E-state index contributed by atoms with van der Waals surface area (Å²) in [7, 11) is 1.98. The maximum absolute atomic E-state index is 3.15. The highest BCUT2D eigenvalue weighted by Gasteiger charge is 2.04. The molecule has 0 heterocycles. The molecule has 0 saturated carbocycles. The zero-order valence-electron chi connectivity index (χ0n) is 7.30. The SMILES string of the molecule is CNCc1ccc2c(c1)CC=C2. The number of allylic oxidation sites excluding steroid dienone is 1. The topological polar surface area (TPSA) is 12.0 Å². The lowest BCUT2D eigenvalue weighted by Crippen LogP contribution is -2.05. The predicted octanol–water partition coefficient (Wildman–Crippen LogP) is 1.98. The Morgan fingerprint density at radius 1 is 1.42 bits per heavy atom. The minimum atomic E-state index is 0.966. The Morgan fingerprint density at radius 2 is 2.33 bits per heavy atom. The first-order chi connectivity index (χ1) is 5.90. The molecule has 1 N–H and O–H groups in total. The van der Waals surface area contributed by atoms with E-state index in [1.807, 2.05) is 7.05 Å². The standard InChI is InChI=1S/C11H13N/c1-12-8-9-5-6-10-3-2-4-11(10)7-9/h2-3,5-7,12H,4,8H2,1H3. The molecule has 1 aromatic rings. The monoisotopic (exact) mass is 159 g/mol. The van der Waals surface area contributed by atoms with Gasteiger partial charge in [-0.05, 0) is 30.2 Å². The molecule has 0 fully saturated rings. The Hall–Kier alpha value is -1.08. The van der Waals surface area contributed by atoms with Crippen LogP contribution in [0.2, 0.25) is 0 Å². The van der Waals surface area contributed by atoms with Gasteiger partial charge in [0.1, 0.15) is 0 Å². The molecule has 1 aliphatic rings. The van der Waals surface area contributed by atoms with Crippen molar-refractivity contribution in [2.24, 2.45) is 0 Å². The molecule has 0 aliphatic heterocycles. The molecule has 0 radical (unpaired) electrons. The van der Waals surface area contributed by atoms with Crippen LogP contribution in [0.1, 0.15) is 16.7 Å². The molecule has 1 aliphatic carbocycles. The lowest BCUT2D eigenvalue weighted by molar-refractivity contribution is 0.816. The minimum absolute atomic E-state index is 0.966. The molecule has 0 aromatic heterocycles. The maximum atomic E-state index is 3.15. The molecular formula is C11H13N. The maximum Gasteiger partial charge on any atom is 0.0202 e. The van der Waals surface area contributed by atoms with E-state index >= 15 is 0 Å². The average molecular weight is 159 g/mol. The molecule has 0 amide bonds. The van der Waals surface area contributed by atoms with Crippen molar-refractivity contribution in [3.05, 3.63) is 41.0 Å². The van der Waals surface area contributed by atoms with Crippen molar-refractivity contribution in [1.29, 1.82) is 0 Å². The third-order valence-electron chi connectivity index (χ3n) is 2.22. The van der Waals surface area contributed by atoms with Crippen molar-refractivity contribution < 1.29 is 0 Å². The summed E-state index contributed by atoms with van der Waals surface area (Å²) < 4.78 is 0. The van der Waals surface area contributed by atoms with Crippen molar-refractivity contribution in [2.45, 2.75) is 13.0 Å². The van der Waals surface area contributed by atoms with Crippen LogP contribution in [0, 0.1) is 0 Å². The first-order valence-electron chi connectivity index (χ1n) is 4.33. The van der Waals surface area contributed by atoms with Gasteiger partial charge in [-0.3, -0.25) is 0 Å². The molecule has 1 nitrogen and oxygen atoms in total. The van der Waals surface area contributed by atoms with Gasteiger partial charge in [0.25, 0.3) is 0 Å². The van der Waals surface area contributed by atoms with Gasteiger partial charge < -0.3 is 5.32 Å². The first kappa shape index (κ1) is 7.56. The van der Waals surface area contributed by atoms with Gasteiger partial charge in [-0.1, -0.05) is 30.4 Å². The number of fused-ring (bicyclic) bond motifs is 1. The Bertz CT molecular complexity index is 313. The molecule has 0 bridgehead atoms. The minimum Gasteiger partial charge on any atom is -0.316 e. The average Bonchev–Trinajstić information content (AvgIpc) is 2.51. The van der Waals surface area contributed by atoms with E-state index in [2.05, 4.69) is 35.7 Å². The predicted molar refractivity (Wildman–Crippen MR) is 51.9 cm³/mol. The molecular weight excluding hydrogens is 146 g/mol. The molecule has 2 rings (SSSR count). The largest absolute Gasteiger partial charge is 0.316 e. The number of benzene rings is 1. The summed E-state index contributed by atoms with van der Waals surface area (Å²) in [4.78, 5) is 0. The normalized spacial score (nSPS) is 13.4. The van der Waals surface area contributed by atoms with E-state index in [4.69, 9.17) is 0 Å². The molecule has 0 saturated heterocycles. The highest BCUT2D eigenvalue weighted by molar-refractivity contribution is 5.60. The quantitative estimate of drug-likeness (QED) is 0.695. The number of hydrogen-bond acceptors (Lipinski definition) is 1. The molecule has 0 spiro atoms. The first-order valence-corrected chi connectivity index (χ1v) is 4.33. The van der Waals surface area contributed by atoms with Gasteiger partial charge in [0.2, 0.25) is 0 Å². The molecule has 1 aromatic carbocycles. The molecule has 0 atom stereocenters. The lowest BCUT2D eigenvalue weighted by atomic mass is 10.1. The van der Waals surface area contributed by atoms with E-state index in [9.17, 15) is 0 Å². The van der Waals surface area contributed by atoms with Crippen molar-refractivity contribution in [1.82, 2.24) is 5.32 Å². The highest BCUT2D eigenvalue weighted by atomic mass is 14.8. The summed E-state index contributed by atoms with van der Waals surface area (Å²) in [6.07, 6.45) is 5.51. The second-order valence-electron chi connectivity index (χ2n) is 3.17. The van der Waals surface area contributed by atoms with E-state index in [1.165, 1.54) is 16.7 Å². The van der Waals surface area contributed by atoms with E-state index in [-0.39, 0.29) is 0 Å². The van der Waals surface area contributed by atoms with Crippen LogP contribution in [0.5, 0.6) is 0 Å². The van der Waals surface area contributed by atoms with Crippen LogP contribution in [0.4, 0.5) is 0 Å². The highest BCUT2D eigenvalue weighted by Crippen LogP contribution is 2.20. The van der Waals surface area contributed by atoms with Crippen molar-refractivity contribution in [3.8, 4) is 0 Å². The van der Waals surface area contributed by atoms with Gasteiger partial charge in [-0.15, -0.1) is 0 Å². The second kappa shape index (κ2) is 3.11. The second-order valence-corrected chi connectivity index (χ2v) is 3.17. The molecule has 12 heavy (non-hydrogen) atoms. The molecule has 62 valence electrons. The Morgan fingerprint density at radius 3 is 3.17 bits per heavy atom. The lowest BCUT2D eigenvalue weighted by Gasteiger charge is -2.03. The van der Waals surface area contributed by atoms with Crippen LogP contribution in [0.3, 0.4) is 0 Å². The van der Waals surface area contributed by atoms with Crippen LogP contribution >= 0.6 is 0 Å². The van der Waals surface area contributed by atoms with Crippen LogP contribution in [-0.4, -0.2) is 7.05 Å². The fourth-order valence-corrected chi connectivity index (χ4v) is 1.63. The van der Waals surface area contributed by atoms with Crippen LogP contribution in [0.15, 0.2) is 24.3 Å². The Balaban J connectivity index is 2.29. The summed E-state index contributed by atoms with van der Waals surface area (Å²) in [5, 5.41) is 3.15. The van der Waals surface area contributed by atoms with Crippen molar-refractivity contribution in [3.63, 3.8) is 0 Å². The van der Waals surface area contributed by atoms with Crippen molar-refractivity contribution >= 4 is 6.08 Å². The number of nitrogens with one attached hydrogen (secondary N) is 1. The van der Waals surface area contributed by atoms with Crippen LogP contribution < -0.4 is 5.32 Å². The zero-order chi connectivity index (χ0) is 8.39. The number of rotatable bonds is 2. The summed E-state index contributed by atoms with van der Waals surface area (Å²) in [6, 6.07) is 6.67. The van der Waals surface area contributed by atoms with Crippen LogP contribution in [-0.2, 0) is 13.0 Å². The van der Waals surface area contributed by atoms with E-state index < -0.39 is 0 Å². The van der Waals surface area contributed by atoms with E-state index in [0.717, 1.165) is 13.0 Å². The summed E-state index contributed by atoms with van der Waals surface area (Å²) in [5.41, 5.74) is 4.22. The molecule has 0 unspecified atom stereocenters. The van der Waals surface area contributed by atoms with E-state index in [0.29, 0.717) is 0 Å². The fraction of sp³-hybridized carbons (Fsp3) is 0.273. The van der Waals surface area contributed by atoms with Crippen LogP contribution in [0.25, 0.3) is 6.08 Å².